The molecule has 19 heavy (non-hydrogen) atoms. The smallest absolute Gasteiger partial charge is 0.0320 e. The third-order valence-corrected chi connectivity index (χ3v) is 4.00. The molecule has 0 aromatic heterocycles. The molecule has 1 N–H and O–H groups in total. The van der Waals surface area contributed by atoms with Gasteiger partial charge in [0.2, 0.25) is 0 Å². The van der Waals surface area contributed by atoms with Crippen LogP contribution in [0.15, 0.2) is 42.0 Å². The van der Waals surface area contributed by atoms with E-state index in [2.05, 4.69) is 48.6 Å². The Bertz CT molecular complexity index is 380. The SMILES string of the molecule is CCCC(NCCC1=CCCCC1)c1ccccc1. The predicted octanol–water partition coefficient (Wildman–Crippen LogP) is 5.01. The van der Waals surface area contributed by atoms with E-state index in [-0.39, 0.29) is 0 Å². The van der Waals surface area contributed by atoms with E-state index in [0.717, 1.165) is 6.54 Å². The standard InChI is InChI=1S/C18H27N/c1-2-9-18(17-12-7-4-8-13-17)19-15-14-16-10-5-3-6-11-16/h4,7-8,10,12-13,18-19H,2-3,5-6,9,11,14-15H2,1H3. The molecule has 1 atom stereocenters. The summed E-state index contributed by atoms with van der Waals surface area (Å²) >= 11 is 0. The molecule has 0 radical (unpaired) electrons. The van der Waals surface area contributed by atoms with Crippen molar-refractivity contribution in [2.75, 3.05) is 6.54 Å². The highest BCUT2D eigenvalue weighted by molar-refractivity contribution is 5.19. The average Bonchev–Trinajstić information content (AvgIpc) is 2.48. The summed E-state index contributed by atoms with van der Waals surface area (Å²) in [4.78, 5) is 0. The molecule has 0 heterocycles. The number of allylic oxidation sites excluding steroid dienone is 1. The Kier molecular flexibility index (Phi) is 6.16. The molecule has 1 aromatic carbocycles. The van der Waals surface area contributed by atoms with Gasteiger partial charge in [-0.3, -0.25) is 0 Å². The highest BCUT2D eigenvalue weighted by Gasteiger charge is 2.10. The maximum atomic E-state index is 3.74. The Balaban J connectivity index is 1.82. The minimum absolute atomic E-state index is 0.524. The molecule has 0 fully saturated rings. The van der Waals surface area contributed by atoms with Gasteiger partial charge in [-0.15, -0.1) is 0 Å². The first kappa shape index (κ1) is 14.3. The fourth-order valence-electron chi connectivity index (χ4n) is 2.90. The molecule has 1 aromatic rings. The lowest BCUT2D eigenvalue weighted by Crippen LogP contribution is -2.22. The Morgan fingerprint density at radius 2 is 2.00 bits per heavy atom. The van der Waals surface area contributed by atoms with Crippen molar-refractivity contribution in [1.82, 2.24) is 5.32 Å². The number of hydrogen-bond donors (Lipinski definition) is 1. The number of hydrogen-bond acceptors (Lipinski definition) is 1. The van der Waals surface area contributed by atoms with Crippen molar-refractivity contribution in [1.29, 1.82) is 0 Å². The molecule has 1 heteroatoms. The van der Waals surface area contributed by atoms with Gasteiger partial charge < -0.3 is 5.32 Å². The summed E-state index contributed by atoms with van der Waals surface area (Å²) in [6, 6.07) is 11.4. The van der Waals surface area contributed by atoms with Crippen LogP contribution < -0.4 is 5.32 Å². The zero-order valence-electron chi connectivity index (χ0n) is 12.2. The molecule has 1 unspecified atom stereocenters. The Hall–Kier alpha value is -1.08. The maximum Gasteiger partial charge on any atom is 0.0320 e. The highest BCUT2D eigenvalue weighted by Crippen LogP contribution is 2.21. The molecule has 0 saturated carbocycles. The van der Waals surface area contributed by atoms with Crippen LogP contribution in [0.4, 0.5) is 0 Å². The average molecular weight is 257 g/mol. The van der Waals surface area contributed by atoms with Crippen molar-refractivity contribution in [3.8, 4) is 0 Å². The van der Waals surface area contributed by atoms with Crippen LogP contribution in [0.5, 0.6) is 0 Å². The van der Waals surface area contributed by atoms with Gasteiger partial charge in [-0.1, -0.05) is 55.3 Å². The summed E-state index contributed by atoms with van der Waals surface area (Å²) in [5.41, 5.74) is 3.10. The van der Waals surface area contributed by atoms with Crippen LogP contribution in [0.25, 0.3) is 0 Å². The summed E-state index contributed by atoms with van der Waals surface area (Å²) in [6.07, 6.45) is 11.5. The minimum atomic E-state index is 0.524. The summed E-state index contributed by atoms with van der Waals surface area (Å²) in [5, 5.41) is 3.74. The quantitative estimate of drug-likeness (QED) is 0.677. The van der Waals surface area contributed by atoms with Gasteiger partial charge >= 0.3 is 0 Å². The number of nitrogens with one attached hydrogen (secondary N) is 1. The molecule has 104 valence electrons. The second-order valence-corrected chi connectivity index (χ2v) is 5.56. The monoisotopic (exact) mass is 257 g/mol. The van der Waals surface area contributed by atoms with Crippen molar-refractivity contribution in [2.45, 2.75) is 57.9 Å². The Morgan fingerprint density at radius 1 is 1.16 bits per heavy atom. The molecule has 0 aliphatic heterocycles. The zero-order valence-corrected chi connectivity index (χ0v) is 12.2. The van der Waals surface area contributed by atoms with Crippen LogP contribution in [0.1, 0.15) is 63.5 Å². The minimum Gasteiger partial charge on any atom is -0.310 e. The fourth-order valence-corrected chi connectivity index (χ4v) is 2.90. The largest absolute Gasteiger partial charge is 0.310 e. The third-order valence-electron chi connectivity index (χ3n) is 4.00. The third kappa shape index (κ3) is 4.83. The van der Waals surface area contributed by atoms with Crippen molar-refractivity contribution in [3.63, 3.8) is 0 Å². The summed E-state index contributed by atoms with van der Waals surface area (Å²) in [5.74, 6) is 0. The Morgan fingerprint density at radius 3 is 2.68 bits per heavy atom. The van der Waals surface area contributed by atoms with Crippen molar-refractivity contribution < 1.29 is 0 Å². The van der Waals surface area contributed by atoms with E-state index in [1.807, 2.05) is 0 Å². The van der Waals surface area contributed by atoms with Crippen LogP contribution >= 0.6 is 0 Å². The summed E-state index contributed by atoms with van der Waals surface area (Å²) in [7, 11) is 0. The van der Waals surface area contributed by atoms with E-state index < -0.39 is 0 Å². The fraction of sp³-hybridized carbons (Fsp3) is 0.556. The molecule has 1 aliphatic rings. The van der Waals surface area contributed by atoms with Gasteiger partial charge in [0, 0.05) is 6.04 Å². The molecular weight excluding hydrogens is 230 g/mol. The first-order valence-electron chi connectivity index (χ1n) is 7.86. The van der Waals surface area contributed by atoms with Crippen molar-refractivity contribution >= 4 is 0 Å². The van der Waals surface area contributed by atoms with Crippen LogP contribution in [0, 0.1) is 0 Å². The van der Waals surface area contributed by atoms with E-state index in [0.29, 0.717) is 6.04 Å². The maximum absolute atomic E-state index is 3.74. The topological polar surface area (TPSA) is 12.0 Å². The normalized spacial score (nSPS) is 17.0. The molecule has 0 spiro atoms. The lowest BCUT2D eigenvalue weighted by Gasteiger charge is -2.20. The van der Waals surface area contributed by atoms with Gasteiger partial charge in [0.15, 0.2) is 0 Å². The van der Waals surface area contributed by atoms with Crippen LogP contribution in [-0.2, 0) is 0 Å². The van der Waals surface area contributed by atoms with Crippen LogP contribution in [0.3, 0.4) is 0 Å². The van der Waals surface area contributed by atoms with Gasteiger partial charge in [0.1, 0.15) is 0 Å². The van der Waals surface area contributed by atoms with Gasteiger partial charge in [-0.05, 0) is 50.6 Å². The second kappa shape index (κ2) is 8.16. The predicted molar refractivity (Wildman–Crippen MR) is 83.3 cm³/mol. The lowest BCUT2D eigenvalue weighted by atomic mass is 9.96. The zero-order chi connectivity index (χ0) is 13.3. The molecular formula is C18H27N. The van der Waals surface area contributed by atoms with E-state index in [4.69, 9.17) is 0 Å². The first-order valence-corrected chi connectivity index (χ1v) is 7.86. The van der Waals surface area contributed by atoms with E-state index in [1.54, 1.807) is 5.57 Å². The van der Waals surface area contributed by atoms with Crippen LogP contribution in [0.2, 0.25) is 0 Å². The summed E-state index contributed by atoms with van der Waals surface area (Å²) in [6.45, 7) is 3.38. The van der Waals surface area contributed by atoms with Crippen molar-refractivity contribution in [3.05, 3.63) is 47.5 Å². The van der Waals surface area contributed by atoms with Crippen molar-refractivity contribution in [2.24, 2.45) is 0 Å². The molecule has 0 saturated heterocycles. The number of rotatable bonds is 7. The highest BCUT2D eigenvalue weighted by atomic mass is 14.9. The van der Waals surface area contributed by atoms with Gasteiger partial charge in [-0.2, -0.15) is 0 Å². The van der Waals surface area contributed by atoms with E-state index in [1.165, 1.54) is 50.5 Å². The second-order valence-electron chi connectivity index (χ2n) is 5.56. The molecule has 0 amide bonds. The lowest BCUT2D eigenvalue weighted by molar-refractivity contribution is 0.492. The van der Waals surface area contributed by atoms with E-state index >= 15 is 0 Å². The van der Waals surface area contributed by atoms with Gasteiger partial charge in [-0.25, -0.2) is 0 Å². The molecule has 1 aliphatic carbocycles. The number of benzene rings is 1. The van der Waals surface area contributed by atoms with E-state index in [9.17, 15) is 0 Å². The van der Waals surface area contributed by atoms with Gasteiger partial charge in [0.05, 0.1) is 0 Å². The summed E-state index contributed by atoms with van der Waals surface area (Å²) < 4.78 is 0. The first-order chi connectivity index (χ1) is 9.40. The Labute approximate surface area is 118 Å². The molecule has 0 bridgehead atoms. The van der Waals surface area contributed by atoms with Crippen LogP contribution in [-0.4, -0.2) is 6.54 Å². The molecule has 2 rings (SSSR count). The van der Waals surface area contributed by atoms with Gasteiger partial charge in [0.25, 0.3) is 0 Å². The molecule has 1 nitrogen and oxygen atoms in total.